The summed E-state index contributed by atoms with van der Waals surface area (Å²) in [7, 11) is 2.04. The van der Waals surface area contributed by atoms with E-state index in [4.69, 9.17) is 10.5 Å². The summed E-state index contributed by atoms with van der Waals surface area (Å²) in [5, 5.41) is 0. The van der Waals surface area contributed by atoms with Gasteiger partial charge in [0.25, 0.3) is 0 Å². The molecule has 2 heteroatoms. The fourth-order valence-corrected chi connectivity index (χ4v) is 5.00. The van der Waals surface area contributed by atoms with Crippen LogP contribution in [0.25, 0.3) is 22.4 Å². The molecule has 0 spiro atoms. The quantitative estimate of drug-likeness (QED) is 0.410. The third-order valence-electron chi connectivity index (χ3n) is 6.38. The van der Waals surface area contributed by atoms with E-state index in [2.05, 4.69) is 42.0 Å². The van der Waals surface area contributed by atoms with Crippen LogP contribution in [0, 0.1) is 20.7 Å². The van der Waals surface area contributed by atoms with Crippen LogP contribution in [0.4, 0.5) is 0 Å². The number of nitrogens with zero attached hydrogens (tertiary/aromatic N) is 2. The number of fused-ring (bicyclic) bond motifs is 3. The molecule has 0 radical (unpaired) electrons. The average Bonchev–Trinajstić information content (AvgIpc) is 3.31. The van der Waals surface area contributed by atoms with Crippen LogP contribution >= 0.6 is 0 Å². The third-order valence-corrected chi connectivity index (χ3v) is 6.38. The van der Waals surface area contributed by atoms with Crippen LogP contribution in [-0.4, -0.2) is 4.98 Å². The number of pyridine rings is 2. The minimum absolute atomic E-state index is 0.391. The Bertz CT molecular complexity index is 1240. The van der Waals surface area contributed by atoms with Crippen LogP contribution in [0.5, 0.6) is 0 Å². The molecule has 1 fully saturated rings. The second-order valence-electron chi connectivity index (χ2n) is 8.32. The lowest BCUT2D eigenvalue weighted by molar-refractivity contribution is -0.660. The summed E-state index contributed by atoms with van der Waals surface area (Å²) in [6.07, 6.45) is 6.72. The lowest BCUT2D eigenvalue weighted by Crippen LogP contribution is -2.31. The van der Waals surface area contributed by atoms with Gasteiger partial charge in [-0.2, -0.15) is 0 Å². The molecule has 2 heterocycles. The standard InChI is InChI=1S/C26H29N2/c1-16-9-10-21-22(15-23-25(21)17(2)13-18(3)27-23)26(16)24-14-20(11-12-28(24)4)19-7-5-6-8-19/h9-14,19H,5-8,15H2,1-4H3/q+1/i2D3,19D. The van der Waals surface area contributed by atoms with E-state index in [1.165, 1.54) is 0 Å². The Hall–Kier alpha value is -2.48. The van der Waals surface area contributed by atoms with Crippen LogP contribution in [0.3, 0.4) is 0 Å². The Kier molecular flexibility index (Phi) is 3.19. The molecule has 2 nitrogen and oxygen atoms in total. The highest BCUT2D eigenvalue weighted by atomic mass is 14.9. The maximum atomic E-state index is 9.00. The molecule has 2 aliphatic rings. The summed E-state index contributed by atoms with van der Waals surface area (Å²) in [5.74, 6) is -0.509. The van der Waals surface area contributed by atoms with Gasteiger partial charge in [0.15, 0.2) is 6.20 Å². The lowest BCUT2D eigenvalue weighted by Gasteiger charge is -2.14. The molecule has 1 saturated carbocycles. The van der Waals surface area contributed by atoms with Gasteiger partial charge in [0.2, 0.25) is 5.69 Å². The van der Waals surface area contributed by atoms with E-state index in [0.29, 0.717) is 12.0 Å². The topological polar surface area (TPSA) is 16.8 Å². The summed E-state index contributed by atoms with van der Waals surface area (Å²) in [4.78, 5) is 4.73. The van der Waals surface area contributed by atoms with Crippen molar-refractivity contribution in [2.24, 2.45) is 7.05 Å². The smallest absolute Gasteiger partial charge is 0.213 e. The molecule has 0 atom stereocenters. The van der Waals surface area contributed by atoms with Crippen LogP contribution < -0.4 is 4.57 Å². The minimum Gasteiger partial charge on any atom is -0.257 e. The molecule has 1 aromatic carbocycles. The van der Waals surface area contributed by atoms with E-state index in [1.54, 1.807) is 6.07 Å². The lowest BCUT2D eigenvalue weighted by atomic mass is 9.91. The Balaban J connectivity index is 1.73. The zero-order chi connectivity index (χ0) is 22.8. The van der Waals surface area contributed by atoms with Crippen molar-refractivity contribution in [3.8, 4) is 22.4 Å². The maximum Gasteiger partial charge on any atom is 0.213 e. The Morgan fingerprint density at radius 3 is 2.68 bits per heavy atom. The van der Waals surface area contributed by atoms with Gasteiger partial charge in [-0.25, -0.2) is 4.57 Å². The van der Waals surface area contributed by atoms with Crippen molar-refractivity contribution in [3.05, 3.63) is 70.2 Å². The average molecular weight is 374 g/mol. The fraction of sp³-hybridized carbons (Fsp3) is 0.385. The summed E-state index contributed by atoms with van der Waals surface area (Å²) >= 11 is 0. The highest BCUT2D eigenvalue weighted by Crippen LogP contribution is 2.44. The minimum atomic E-state index is -2.19. The van der Waals surface area contributed by atoms with E-state index < -0.39 is 12.7 Å². The third kappa shape index (κ3) is 2.70. The number of aryl methyl sites for hydroxylation is 4. The first kappa shape index (κ1) is 13.7. The largest absolute Gasteiger partial charge is 0.257 e. The van der Waals surface area contributed by atoms with Gasteiger partial charge in [-0.15, -0.1) is 0 Å². The molecule has 28 heavy (non-hydrogen) atoms. The first-order valence-electron chi connectivity index (χ1n) is 12.2. The van der Waals surface area contributed by atoms with Gasteiger partial charge in [0.05, 0.1) is 11.3 Å². The summed E-state index contributed by atoms with van der Waals surface area (Å²) in [5.41, 5.74) is 9.33. The first-order valence-corrected chi connectivity index (χ1v) is 10.2. The molecule has 5 rings (SSSR count). The van der Waals surface area contributed by atoms with Gasteiger partial charge in [0, 0.05) is 35.3 Å². The second-order valence-corrected chi connectivity index (χ2v) is 8.32. The number of benzene rings is 1. The summed E-state index contributed by atoms with van der Waals surface area (Å²) in [6, 6.07) is 10.1. The molecule has 0 N–H and O–H groups in total. The maximum absolute atomic E-state index is 9.00. The number of hydrogen-bond acceptors (Lipinski definition) is 1. The molecular weight excluding hydrogens is 340 g/mol. The molecule has 0 aliphatic heterocycles. The van der Waals surface area contributed by atoms with Gasteiger partial charge in [0.1, 0.15) is 7.05 Å². The summed E-state index contributed by atoms with van der Waals surface area (Å²) < 4.78 is 35.4. The Morgan fingerprint density at radius 1 is 1.07 bits per heavy atom. The monoisotopic (exact) mass is 373 g/mol. The highest BCUT2D eigenvalue weighted by molar-refractivity contribution is 5.85. The number of aromatic nitrogens is 2. The van der Waals surface area contributed by atoms with Gasteiger partial charge >= 0.3 is 0 Å². The predicted octanol–water partition coefficient (Wildman–Crippen LogP) is 5.73. The van der Waals surface area contributed by atoms with E-state index in [0.717, 1.165) is 76.1 Å². The van der Waals surface area contributed by atoms with Crippen molar-refractivity contribution in [2.45, 2.75) is 58.7 Å². The van der Waals surface area contributed by atoms with Crippen LogP contribution in [-0.2, 0) is 13.5 Å². The van der Waals surface area contributed by atoms with Gasteiger partial charge in [-0.1, -0.05) is 25.0 Å². The highest BCUT2D eigenvalue weighted by Gasteiger charge is 2.29. The molecule has 3 aromatic rings. The zero-order valence-electron chi connectivity index (χ0n) is 20.9. The van der Waals surface area contributed by atoms with Crippen molar-refractivity contribution in [1.29, 1.82) is 0 Å². The predicted molar refractivity (Wildman–Crippen MR) is 115 cm³/mol. The van der Waals surface area contributed by atoms with Gasteiger partial charge in [-0.3, -0.25) is 4.98 Å². The van der Waals surface area contributed by atoms with Crippen molar-refractivity contribution in [1.82, 2.24) is 4.98 Å². The Morgan fingerprint density at radius 2 is 1.89 bits per heavy atom. The molecule has 2 aromatic heterocycles. The van der Waals surface area contributed by atoms with Crippen molar-refractivity contribution in [3.63, 3.8) is 0 Å². The number of rotatable bonds is 2. The molecule has 0 bridgehead atoms. The Labute approximate surface area is 173 Å². The molecule has 2 aliphatic carbocycles. The molecule has 0 amide bonds. The van der Waals surface area contributed by atoms with Gasteiger partial charge < -0.3 is 0 Å². The first-order chi connectivity index (χ1) is 15.1. The van der Waals surface area contributed by atoms with Crippen LogP contribution in [0.2, 0.25) is 0 Å². The molecule has 142 valence electrons. The van der Waals surface area contributed by atoms with E-state index in [-0.39, 0.29) is 0 Å². The summed E-state index contributed by atoms with van der Waals surface area (Å²) in [6.45, 7) is 1.79. The SMILES string of the molecule is [2H]C([2H])([2H])c1cc(C)nc2c1-c1ccc(C)c(-c3cc(C4([2H])CCCC4)cc[n+]3C)c1C2. The molecular formula is C26H29N2+. The molecule has 0 unspecified atom stereocenters. The second kappa shape index (κ2) is 6.55. The van der Waals surface area contributed by atoms with Crippen molar-refractivity contribution in [2.75, 3.05) is 0 Å². The normalized spacial score (nSPS) is 19.4. The van der Waals surface area contributed by atoms with E-state index in [9.17, 15) is 0 Å². The van der Waals surface area contributed by atoms with Crippen molar-refractivity contribution < 1.29 is 10.1 Å². The van der Waals surface area contributed by atoms with Crippen molar-refractivity contribution >= 4 is 0 Å². The zero-order valence-corrected chi connectivity index (χ0v) is 16.9. The van der Waals surface area contributed by atoms with E-state index >= 15 is 0 Å². The van der Waals surface area contributed by atoms with Gasteiger partial charge in [-0.05, 0) is 73.3 Å². The van der Waals surface area contributed by atoms with Crippen LogP contribution in [0.15, 0.2) is 36.5 Å². The van der Waals surface area contributed by atoms with Crippen LogP contribution in [0.1, 0.15) is 70.7 Å². The fourth-order valence-electron chi connectivity index (χ4n) is 5.00. The molecule has 0 saturated heterocycles. The number of hydrogen-bond donors (Lipinski definition) is 0. The van der Waals surface area contributed by atoms with E-state index in [1.807, 2.05) is 14.0 Å².